The number of likely N-dealkylation sites (tertiary alicyclic amines) is 1. The van der Waals surface area contributed by atoms with Crippen LogP contribution >= 0.6 is 0 Å². The van der Waals surface area contributed by atoms with Crippen molar-refractivity contribution < 1.29 is 28.2 Å². The van der Waals surface area contributed by atoms with Gasteiger partial charge in [0.15, 0.2) is 11.6 Å². The SMILES string of the molecule is CN1CCC(COc2cc3ncnc(Nc4cnn(CC(=O)Nc5cccc(F)c5F)c4)c3cc2-c2ccccc2C(=O)O)CC1. The van der Waals surface area contributed by atoms with Crippen LogP contribution < -0.4 is 15.4 Å². The van der Waals surface area contributed by atoms with Crippen molar-refractivity contribution in [3.8, 4) is 16.9 Å². The molecule has 1 saturated heterocycles. The highest BCUT2D eigenvalue weighted by Gasteiger charge is 2.21. The van der Waals surface area contributed by atoms with E-state index < -0.39 is 23.5 Å². The van der Waals surface area contributed by atoms with Crippen LogP contribution in [0.2, 0.25) is 0 Å². The molecule has 13 heteroatoms. The summed E-state index contributed by atoms with van der Waals surface area (Å²) in [6, 6.07) is 13.9. The number of nitrogens with one attached hydrogen (secondary N) is 2. The van der Waals surface area contributed by atoms with Crippen molar-refractivity contribution in [3.63, 3.8) is 0 Å². The normalized spacial score (nSPS) is 13.9. The number of piperidine rings is 1. The first-order valence-electron chi connectivity index (χ1n) is 14.7. The van der Waals surface area contributed by atoms with Crippen molar-refractivity contribution in [2.24, 2.45) is 5.92 Å². The van der Waals surface area contributed by atoms with Crippen molar-refractivity contribution in [1.82, 2.24) is 24.6 Å². The molecule has 3 N–H and O–H groups in total. The van der Waals surface area contributed by atoms with Crippen molar-refractivity contribution >= 4 is 40.0 Å². The number of fused-ring (bicyclic) bond motifs is 1. The van der Waals surface area contributed by atoms with Gasteiger partial charge in [0.2, 0.25) is 5.91 Å². The number of nitrogens with zero attached hydrogens (tertiary/aromatic N) is 5. The van der Waals surface area contributed by atoms with Gasteiger partial charge in [-0.3, -0.25) is 9.48 Å². The molecule has 1 aliphatic heterocycles. The van der Waals surface area contributed by atoms with Crippen molar-refractivity contribution in [3.05, 3.63) is 90.5 Å². The Labute approximate surface area is 262 Å². The predicted molar refractivity (Wildman–Crippen MR) is 168 cm³/mol. The summed E-state index contributed by atoms with van der Waals surface area (Å²) in [6.07, 6.45) is 6.48. The van der Waals surface area contributed by atoms with Crippen LogP contribution in [-0.2, 0) is 11.3 Å². The third-order valence-electron chi connectivity index (χ3n) is 7.92. The predicted octanol–water partition coefficient (Wildman–Crippen LogP) is 5.57. The van der Waals surface area contributed by atoms with Gasteiger partial charge in [0, 0.05) is 23.2 Å². The average molecular weight is 628 g/mol. The van der Waals surface area contributed by atoms with Crippen molar-refractivity contribution in [2.45, 2.75) is 19.4 Å². The zero-order valence-electron chi connectivity index (χ0n) is 24.9. The lowest BCUT2D eigenvalue weighted by Gasteiger charge is -2.29. The van der Waals surface area contributed by atoms with Crippen LogP contribution in [0.1, 0.15) is 23.2 Å². The van der Waals surface area contributed by atoms with Crippen LogP contribution in [0, 0.1) is 17.6 Å². The molecule has 236 valence electrons. The molecule has 1 fully saturated rings. The Morgan fingerprint density at radius 1 is 1.04 bits per heavy atom. The molecule has 0 saturated carbocycles. The number of ether oxygens (including phenoxy) is 1. The van der Waals surface area contributed by atoms with Gasteiger partial charge in [-0.15, -0.1) is 0 Å². The van der Waals surface area contributed by atoms with Crippen LogP contribution in [-0.4, -0.2) is 68.4 Å². The average Bonchev–Trinajstić information content (AvgIpc) is 3.49. The van der Waals surface area contributed by atoms with E-state index in [-0.39, 0.29) is 17.8 Å². The van der Waals surface area contributed by atoms with Gasteiger partial charge in [-0.1, -0.05) is 24.3 Å². The number of benzene rings is 3. The third kappa shape index (κ3) is 6.79. The fourth-order valence-corrected chi connectivity index (χ4v) is 5.44. The van der Waals surface area contributed by atoms with Gasteiger partial charge in [0.25, 0.3) is 0 Å². The zero-order chi connectivity index (χ0) is 32.2. The summed E-state index contributed by atoms with van der Waals surface area (Å²) in [5, 5.41) is 20.3. The van der Waals surface area contributed by atoms with E-state index in [1.165, 1.54) is 29.3 Å². The number of anilines is 3. The van der Waals surface area contributed by atoms with Crippen LogP contribution in [0.15, 0.2) is 73.3 Å². The molecule has 5 aromatic rings. The van der Waals surface area contributed by atoms with Gasteiger partial charge in [0.1, 0.15) is 24.4 Å². The number of aromatic nitrogens is 4. The number of hydrogen-bond donors (Lipinski definition) is 3. The summed E-state index contributed by atoms with van der Waals surface area (Å²) in [7, 11) is 2.10. The Balaban J connectivity index is 1.27. The van der Waals surface area contributed by atoms with Crippen LogP contribution in [0.25, 0.3) is 22.0 Å². The second-order valence-corrected chi connectivity index (χ2v) is 11.2. The fourth-order valence-electron chi connectivity index (χ4n) is 5.44. The largest absolute Gasteiger partial charge is 0.493 e. The topological polar surface area (TPSA) is 134 Å². The highest BCUT2D eigenvalue weighted by molar-refractivity contribution is 6.01. The number of amides is 1. The summed E-state index contributed by atoms with van der Waals surface area (Å²) in [4.78, 5) is 35.8. The van der Waals surface area contributed by atoms with E-state index in [1.54, 1.807) is 36.5 Å². The Kier molecular flexibility index (Phi) is 8.83. The number of carbonyl (C=O) groups excluding carboxylic acids is 1. The molecule has 11 nitrogen and oxygen atoms in total. The molecule has 1 amide bonds. The first-order chi connectivity index (χ1) is 22.2. The molecule has 0 spiro atoms. The van der Waals surface area contributed by atoms with E-state index >= 15 is 0 Å². The summed E-state index contributed by atoms with van der Waals surface area (Å²) >= 11 is 0. The van der Waals surface area contributed by atoms with Gasteiger partial charge in [-0.05, 0) is 68.7 Å². The van der Waals surface area contributed by atoms with E-state index in [0.717, 1.165) is 32.0 Å². The first kappa shape index (κ1) is 30.6. The number of hydrogen-bond acceptors (Lipinski definition) is 8. The van der Waals surface area contributed by atoms with Crippen LogP contribution in [0.4, 0.5) is 26.0 Å². The second-order valence-electron chi connectivity index (χ2n) is 11.2. The molecule has 6 rings (SSSR count). The minimum Gasteiger partial charge on any atom is -0.493 e. The minimum absolute atomic E-state index is 0.134. The lowest BCUT2D eigenvalue weighted by atomic mass is 9.96. The molecule has 3 aromatic carbocycles. The number of carboxylic acids is 1. The molecule has 46 heavy (non-hydrogen) atoms. The number of carboxylic acid groups (broad SMARTS) is 1. The summed E-state index contributed by atoms with van der Waals surface area (Å²) in [5.41, 5.74) is 2.04. The van der Waals surface area contributed by atoms with E-state index in [1.807, 2.05) is 6.07 Å². The number of carbonyl (C=O) groups is 2. The maximum absolute atomic E-state index is 14.0. The van der Waals surface area contributed by atoms with Gasteiger partial charge < -0.3 is 25.4 Å². The quantitative estimate of drug-likeness (QED) is 0.182. The minimum atomic E-state index is -1.14. The highest BCUT2D eigenvalue weighted by atomic mass is 19.2. The summed E-state index contributed by atoms with van der Waals surface area (Å²) in [5.74, 6) is -2.54. The summed E-state index contributed by atoms with van der Waals surface area (Å²) in [6.45, 7) is 2.23. The molecule has 0 atom stereocenters. The maximum Gasteiger partial charge on any atom is 0.336 e. The monoisotopic (exact) mass is 627 g/mol. The Morgan fingerprint density at radius 3 is 2.65 bits per heavy atom. The van der Waals surface area contributed by atoms with Crippen molar-refractivity contribution in [2.75, 3.05) is 37.4 Å². The maximum atomic E-state index is 14.0. The molecule has 3 heterocycles. The lowest BCUT2D eigenvalue weighted by Crippen LogP contribution is -2.32. The smallest absolute Gasteiger partial charge is 0.336 e. The summed E-state index contributed by atoms with van der Waals surface area (Å²) < 4.78 is 35.2. The van der Waals surface area contributed by atoms with Gasteiger partial charge >= 0.3 is 5.97 Å². The van der Waals surface area contributed by atoms with Gasteiger partial charge in [-0.2, -0.15) is 5.10 Å². The zero-order valence-corrected chi connectivity index (χ0v) is 24.9. The van der Waals surface area contributed by atoms with E-state index in [0.29, 0.717) is 51.8 Å². The molecule has 0 unspecified atom stereocenters. The van der Waals surface area contributed by atoms with E-state index in [2.05, 4.69) is 37.6 Å². The number of halogens is 2. The molecule has 0 bridgehead atoms. The Hall–Kier alpha value is -5.43. The molecular weight excluding hydrogens is 596 g/mol. The van der Waals surface area contributed by atoms with E-state index in [4.69, 9.17) is 4.74 Å². The molecular formula is C33H31F2N7O4. The van der Waals surface area contributed by atoms with E-state index in [9.17, 15) is 23.5 Å². The van der Waals surface area contributed by atoms with Gasteiger partial charge in [0.05, 0.1) is 35.3 Å². The van der Waals surface area contributed by atoms with Crippen LogP contribution in [0.5, 0.6) is 5.75 Å². The first-order valence-corrected chi connectivity index (χ1v) is 14.7. The number of aromatic carboxylic acids is 1. The van der Waals surface area contributed by atoms with Gasteiger partial charge in [-0.25, -0.2) is 23.5 Å². The standard InChI is InChI=1S/C33H31F2N7O4/c1-41-11-9-20(10-12-41)18-46-29-14-28-25(13-24(29)22-5-2-3-6-23(22)33(44)45)32(37-19-36-28)39-21-15-38-42(16-21)17-30(43)40-27-8-4-7-26(34)31(27)35/h2-8,13-16,19-20H,9-12,17-18H2,1H3,(H,40,43)(H,44,45)(H,36,37,39). The number of rotatable bonds is 10. The molecule has 0 aliphatic carbocycles. The molecule has 2 aromatic heterocycles. The Morgan fingerprint density at radius 2 is 1.85 bits per heavy atom. The third-order valence-corrected chi connectivity index (χ3v) is 7.92. The van der Waals surface area contributed by atoms with Crippen LogP contribution in [0.3, 0.4) is 0 Å². The van der Waals surface area contributed by atoms with Crippen molar-refractivity contribution in [1.29, 1.82) is 0 Å². The Bertz CT molecular complexity index is 1910. The highest BCUT2D eigenvalue weighted by Crippen LogP contribution is 2.38. The second kappa shape index (κ2) is 13.3. The molecule has 0 radical (unpaired) electrons. The molecule has 1 aliphatic rings. The fraction of sp³-hybridized carbons (Fsp3) is 0.242. The lowest BCUT2D eigenvalue weighted by molar-refractivity contribution is -0.116.